The van der Waals surface area contributed by atoms with Gasteiger partial charge in [0.15, 0.2) is 0 Å². The van der Waals surface area contributed by atoms with Gasteiger partial charge in [-0.3, -0.25) is 24.5 Å². The Bertz CT molecular complexity index is 2540. The zero-order valence-corrected chi connectivity index (χ0v) is 34.1. The summed E-state index contributed by atoms with van der Waals surface area (Å²) in [5.74, 6) is -1.65. The number of rotatable bonds is 14. The van der Waals surface area contributed by atoms with Crippen LogP contribution in [0.4, 0.5) is 16.4 Å². The number of benzene rings is 5. The molecule has 11 nitrogen and oxygen atoms in total. The van der Waals surface area contributed by atoms with Gasteiger partial charge in [-0.05, 0) is 103 Å². The molecule has 1 aliphatic rings. The van der Waals surface area contributed by atoms with Crippen molar-refractivity contribution in [2.75, 3.05) is 17.2 Å². The first kappa shape index (κ1) is 41.3. The van der Waals surface area contributed by atoms with Crippen molar-refractivity contribution in [3.8, 4) is 0 Å². The van der Waals surface area contributed by atoms with E-state index in [2.05, 4.69) is 28.1 Å². The molecule has 0 saturated heterocycles. The highest BCUT2D eigenvalue weighted by atomic mass is 32.2. The number of thiophene rings is 1. The number of ether oxygens (including phenoxy) is 1. The number of fused-ring (bicyclic) bond motifs is 1. The fourth-order valence-corrected chi connectivity index (χ4v) is 9.37. The zero-order chi connectivity index (χ0) is 42.0. The highest BCUT2D eigenvalue weighted by Gasteiger charge is 2.32. The first-order valence-electron chi connectivity index (χ1n) is 19.3. The number of thioether (sulfide) groups is 1. The standard InChI is InChI=1S/C47H40N4O7S2/c1-2-58-47(55)41-38-26-23-34(31-13-6-3-7-14-31)28-40(38)60-46(41)50-45(54)42(32-15-8-4-9-16-32)59-37-20-12-19-35(29-37)48-44(53)39(49-43(52)33-17-10-5-11-18-33)27-30-21-24-36(25-22-30)51(56)57/h3-22,24-25,27,29,34,42H,2,23,26,28H2,1H3,(H,48,53)(H,49,52)(H,50,54)/b39-27+. The second-order valence-electron chi connectivity index (χ2n) is 13.9. The molecule has 1 aromatic heterocycles. The van der Waals surface area contributed by atoms with E-state index in [0.717, 1.165) is 28.8 Å². The van der Waals surface area contributed by atoms with Gasteiger partial charge in [0.1, 0.15) is 15.9 Å². The van der Waals surface area contributed by atoms with Gasteiger partial charge >= 0.3 is 5.97 Å². The van der Waals surface area contributed by atoms with Crippen LogP contribution in [0.5, 0.6) is 0 Å². The van der Waals surface area contributed by atoms with Crippen LogP contribution in [0, 0.1) is 10.1 Å². The minimum atomic E-state index is -0.758. The lowest BCUT2D eigenvalue weighted by molar-refractivity contribution is -0.384. The van der Waals surface area contributed by atoms with Crippen molar-refractivity contribution in [2.45, 2.75) is 42.2 Å². The Morgan fingerprint density at radius 1 is 0.867 bits per heavy atom. The first-order chi connectivity index (χ1) is 29.2. The predicted octanol–water partition coefficient (Wildman–Crippen LogP) is 9.99. The summed E-state index contributed by atoms with van der Waals surface area (Å²) in [4.78, 5) is 67.3. The van der Waals surface area contributed by atoms with Gasteiger partial charge in [0.25, 0.3) is 17.5 Å². The molecule has 0 saturated carbocycles. The van der Waals surface area contributed by atoms with Crippen LogP contribution in [-0.2, 0) is 27.2 Å². The Balaban J connectivity index is 1.13. The fraction of sp³-hybridized carbons (Fsp3) is 0.149. The minimum absolute atomic E-state index is 0.0940. The fourth-order valence-electron chi connectivity index (χ4n) is 6.96. The molecule has 5 aromatic carbocycles. The molecule has 0 fully saturated rings. The second-order valence-corrected chi connectivity index (χ2v) is 16.2. The second kappa shape index (κ2) is 19.3. The SMILES string of the molecule is CCOC(=O)c1c(NC(=O)C(Sc2cccc(NC(=O)/C(=C\c3ccc([N+](=O)[O-])cc3)NC(=O)c3ccccc3)c2)c2ccccc2)sc2c1CCC(c1ccccc1)C2. The molecule has 302 valence electrons. The van der Waals surface area contributed by atoms with Gasteiger partial charge in [-0.2, -0.15) is 0 Å². The third kappa shape index (κ3) is 10.1. The van der Waals surface area contributed by atoms with E-state index in [-0.39, 0.29) is 23.9 Å². The van der Waals surface area contributed by atoms with Crippen molar-refractivity contribution < 1.29 is 28.8 Å². The quantitative estimate of drug-likeness (QED) is 0.0322. The lowest BCUT2D eigenvalue weighted by Gasteiger charge is -2.23. The molecular formula is C47H40N4O7S2. The third-order valence-electron chi connectivity index (χ3n) is 9.88. The van der Waals surface area contributed by atoms with Gasteiger partial charge in [0.05, 0.1) is 17.1 Å². The molecule has 0 bridgehead atoms. The van der Waals surface area contributed by atoms with E-state index in [1.54, 1.807) is 55.5 Å². The van der Waals surface area contributed by atoms with Crippen LogP contribution >= 0.6 is 23.1 Å². The number of amides is 3. The van der Waals surface area contributed by atoms with Crippen LogP contribution in [-0.4, -0.2) is 35.2 Å². The number of carbonyl (C=O) groups is 4. The van der Waals surface area contributed by atoms with Crippen molar-refractivity contribution in [1.29, 1.82) is 0 Å². The number of non-ortho nitro benzene ring substituents is 1. The number of nitro benzene ring substituents is 1. The summed E-state index contributed by atoms with van der Waals surface area (Å²) in [6, 6.07) is 40.6. The highest BCUT2D eigenvalue weighted by Crippen LogP contribution is 2.44. The zero-order valence-electron chi connectivity index (χ0n) is 32.5. The van der Waals surface area contributed by atoms with Crippen LogP contribution in [0.1, 0.15) is 72.4 Å². The molecule has 60 heavy (non-hydrogen) atoms. The third-order valence-corrected chi connectivity index (χ3v) is 12.3. The molecule has 0 aliphatic heterocycles. The number of nitro groups is 1. The summed E-state index contributed by atoms with van der Waals surface area (Å²) in [7, 11) is 0. The summed E-state index contributed by atoms with van der Waals surface area (Å²) >= 11 is 2.70. The van der Waals surface area contributed by atoms with Gasteiger partial charge in [-0.15, -0.1) is 23.1 Å². The van der Waals surface area contributed by atoms with Crippen LogP contribution in [0.2, 0.25) is 0 Å². The molecule has 1 aliphatic carbocycles. The maximum Gasteiger partial charge on any atom is 0.341 e. The molecule has 0 spiro atoms. The normalized spacial score (nSPS) is 13.9. The van der Waals surface area contributed by atoms with Crippen molar-refractivity contribution in [2.24, 2.45) is 0 Å². The van der Waals surface area contributed by atoms with E-state index in [1.165, 1.54) is 59.0 Å². The molecule has 3 amide bonds. The number of anilines is 2. The molecule has 2 atom stereocenters. The lowest BCUT2D eigenvalue weighted by atomic mass is 9.83. The molecule has 6 aromatic rings. The molecule has 2 unspecified atom stereocenters. The van der Waals surface area contributed by atoms with Gasteiger partial charge in [-0.25, -0.2) is 4.79 Å². The molecule has 3 N–H and O–H groups in total. The number of nitrogens with one attached hydrogen (secondary N) is 3. The number of esters is 1. The molecular weight excluding hydrogens is 797 g/mol. The average molecular weight is 837 g/mol. The summed E-state index contributed by atoms with van der Waals surface area (Å²) in [6.07, 6.45) is 3.74. The topological polar surface area (TPSA) is 157 Å². The summed E-state index contributed by atoms with van der Waals surface area (Å²) < 4.78 is 5.50. The van der Waals surface area contributed by atoms with E-state index < -0.39 is 28.0 Å². The van der Waals surface area contributed by atoms with Gasteiger partial charge in [0, 0.05) is 33.2 Å². The lowest BCUT2D eigenvalue weighted by Crippen LogP contribution is -2.30. The van der Waals surface area contributed by atoms with Gasteiger partial charge in [-0.1, -0.05) is 84.9 Å². The largest absolute Gasteiger partial charge is 0.462 e. The van der Waals surface area contributed by atoms with Crippen molar-refractivity contribution in [3.63, 3.8) is 0 Å². The number of hydrogen-bond donors (Lipinski definition) is 3. The Morgan fingerprint density at radius 3 is 2.23 bits per heavy atom. The van der Waals surface area contributed by atoms with E-state index in [4.69, 9.17) is 4.74 Å². The minimum Gasteiger partial charge on any atom is -0.462 e. The molecule has 0 radical (unpaired) electrons. The smallest absolute Gasteiger partial charge is 0.341 e. The highest BCUT2D eigenvalue weighted by molar-refractivity contribution is 8.00. The summed E-state index contributed by atoms with van der Waals surface area (Å²) in [5.41, 5.74) is 4.28. The average Bonchev–Trinajstić information content (AvgIpc) is 3.63. The molecule has 13 heteroatoms. The van der Waals surface area contributed by atoms with Crippen molar-refractivity contribution in [1.82, 2.24) is 5.32 Å². The maximum atomic E-state index is 14.4. The summed E-state index contributed by atoms with van der Waals surface area (Å²) in [6.45, 7) is 1.96. The monoisotopic (exact) mass is 836 g/mol. The van der Waals surface area contributed by atoms with E-state index in [9.17, 15) is 29.3 Å². The van der Waals surface area contributed by atoms with Crippen molar-refractivity contribution in [3.05, 3.63) is 194 Å². The molecule has 1 heterocycles. The van der Waals surface area contributed by atoms with Gasteiger partial charge < -0.3 is 20.7 Å². The summed E-state index contributed by atoms with van der Waals surface area (Å²) in [5, 5.41) is 19.6. The Labute approximate surface area is 355 Å². The first-order valence-corrected chi connectivity index (χ1v) is 21.0. The Morgan fingerprint density at radius 2 is 1.55 bits per heavy atom. The maximum absolute atomic E-state index is 14.4. The van der Waals surface area contributed by atoms with Crippen LogP contribution in [0.15, 0.2) is 150 Å². The van der Waals surface area contributed by atoms with Gasteiger partial charge in [0.2, 0.25) is 5.91 Å². The van der Waals surface area contributed by atoms with Crippen LogP contribution in [0.25, 0.3) is 6.08 Å². The Hall–Kier alpha value is -6.83. The van der Waals surface area contributed by atoms with Crippen LogP contribution < -0.4 is 16.0 Å². The number of carbonyl (C=O) groups excluding carboxylic acids is 4. The number of hydrogen-bond acceptors (Lipinski definition) is 9. The van der Waals surface area contributed by atoms with Crippen LogP contribution in [0.3, 0.4) is 0 Å². The Kier molecular flexibility index (Phi) is 13.3. The van der Waals surface area contributed by atoms with E-state index in [0.29, 0.717) is 44.6 Å². The van der Waals surface area contributed by atoms with Crippen molar-refractivity contribution >= 4 is 69.2 Å². The number of nitrogens with zero attached hydrogens (tertiary/aromatic N) is 1. The molecule has 7 rings (SSSR count). The van der Waals surface area contributed by atoms with E-state index >= 15 is 0 Å². The predicted molar refractivity (Wildman–Crippen MR) is 235 cm³/mol. The van der Waals surface area contributed by atoms with E-state index in [1.807, 2.05) is 54.6 Å².